The minimum Gasteiger partial charge on any atom is -0.495 e. The number of carbonyl (C=O) groups is 1. The van der Waals surface area contributed by atoms with Crippen LogP contribution in [0.3, 0.4) is 0 Å². The second-order valence-corrected chi connectivity index (χ2v) is 4.23. The maximum atomic E-state index is 11.9. The fourth-order valence-electron chi connectivity index (χ4n) is 1.74. The molecule has 0 aliphatic rings. The molecule has 4 N–H and O–H groups in total. The Kier molecular flexibility index (Phi) is 4.26. The first-order chi connectivity index (χ1) is 10.1. The predicted octanol–water partition coefficient (Wildman–Crippen LogP) is 2.79. The van der Waals surface area contributed by atoms with Crippen LogP contribution in [0, 0.1) is 11.3 Å². The zero-order valence-electron chi connectivity index (χ0n) is 11.4. The van der Waals surface area contributed by atoms with Gasteiger partial charge in [0.05, 0.1) is 24.4 Å². The van der Waals surface area contributed by atoms with E-state index >= 15 is 0 Å². The molecule has 0 unspecified atom stereocenters. The first-order valence-electron chi connectivity index (χ1n) is 6.14. The highest BCUT2D eigenvalue weighted by Gasteiger charge is 2.08. The van der Waals surface area contributed by atoms with E-state index in [9.17, 15) is 4.79 Å². The van der Waals surface area contributed by atoms with Gasteiger partial charge in [-0.1, -0.05) is 0 Å². The van der Waals surface area contributed by atoms with Crippen LogP contribution in [0.15, 0.2) is 42.5 Å². The molecule has 106 valence electrons. The third-order valence-electron chi connectivity index (χ3n) is 2.74. The van der Waals surface area contributed by atoms with E-state index in [2.05, 4.69) is 10.6 Å². The summed E-state index contributed by atoms with van der Waals surface area (Å²) in [6.07, 6.45) is 0. The number of nitrogens with one attached hydrogen (secondary N) is 2. The van der Waals surface area contributed by atoms with Gasteiger partial charge in [0.1, 0.15) is 5.75 Å². The van der Waals surface area contributed by atoms with Crippen LogP contribution in [0.25, 0.3) is 0 Å². The van der Waals surface area contributed by atoms with E-state index in [1.807, 2.05) is 6.07 Å². The van der Waals surface area contributed by atoms with E-state index in [0.29, 0.717) is 28.4 Å². The summed E-state index contributed by atoms with van der Waals surface area (Å²) in [7, 11) is 1.51. The Labute approximate surface area is 122 Å². The fourth-order valence-corrected chi connectivity index (χ4v) is 1.74. The number of methoxy groups -OCH3 is 1. The highest BCUT2D eigenvalue weighted by Crippen LogP contribution is 2.26. The van der Waals surface area contributed by atoms with Crippen LogP contribution in [0.2, 0.25) is 0 Å². The van der Waals surface area contributed by atoms with Gasteiger partial charge in [0.25, 0.3) is 0 Å². The number of amides is 2. The summed E-state index contributed by atoms with van der Waals surface area (Å²) in [5, 5.41) is 14.0. The number of rotatable bonds is 3. The Balaban J connectivity index is 2.07. The van der Waals surface area contributed by atoms with Gasteiger partial charge in [0.15, 0.2) is 0 Å². The van der Waals surface area contributed by atoms with Crippen molar-refractivity contribution < 1.29 is 9.53 Å². The number of hydrogen-bond acceptors (Lipinski definition) is 4. The zero-order chi connectivity index (χ0) is 15.2. The standard InChI is InChI=1S/C15H14N4O2/c1-21-14-7-4-11(17)8-13(14)19-15(20)18-12-5-2-10(9-16)3-6-12/h2-8H,17H2,1H3,(H2,18,19,20). The Morgan fingerprint density at radius 2 is 1.90 bits per heavy atom. The Morgan fingerprint density at radius 3 is 2.52 bits per heavy atom. The van der Waals surface area contributed by atoms with Gasteiger partial charge in [-0.15, -0.1) is 0 Å². The van der Waals surface area contributed by atoms with E-state index < -0.39 is 6.03 Å². The predicted molar refractivity (Wildman–Crippen MR) is 81.2 cm³/mol. The highest BCUT2D eigenvalue weighted by atomic mass is 16.5. The molecule has 2 aromatic rings. The van der Waals surface area contributed by atoms with Gasteiger partial charge in [-0.2, -0.15) is 5.26 Å². The third-order valence-corrected chi connectivity index (χ3v) is 2.74. The van der Waals surface area contributed by atoms with Crippen LogP contribution < -0.4 is 21.1 Å². The number of hydrogen-bond donors (Lipinski definition) is 3. The molecule has 6 nitrogen and oxygen atoms in total. The van der Waals surface area contributed by atoms with Crippen molar-refractivity contribution in [1.29, 1.82) is 5.26 Å². The van der Waals surface area contributed by atoms with Crippen molar-refractivity contribution in [2.45, 2.75) is 0 Å². The Bertz CT molecular complexity index is 690. The van der Waals surface area contributed by atoms with Crippen molar-refractivity contribution in [1.82, 2.24) is 0 Å². The lowest BCUT2D eigenvalue weighted by Gasteiger charge is -2.11. The topological polar surface area (TPSA) is 100 Å². The maximum absolute atomic E-state index is 11.9. The third kappa shape index (κ3) is 3.64. The molecular weight excluding hydrogens is 268 g/mol. The van der Waals surface area contributed by atoms with Crippen molar-refractivity contribution in [3.63, 3.8) is 0 Å². The summed E-state index contributed by atoms with van der Waals surface area (Å²) in [5.41, 5.74) is 7.78. The van der Waals surface area contributed by atoms with Gasteiger partial charge in [0.2, 0.25) is 0 Å². The summed E-state index contributed by atoms with van der Waals surface area (Å²) < 4.78 is 5.15. The first-order valence-corrected chi connectivity index (χ1v) is 6.14. The lowest BCUT2D eigenvalue weighted by Crippen LogP contribution is -2.19. The molecular formula is C15H14N4O2. The molecule has 0 spiro atoms. The van der Waals surface area contributed by atoms with E-state index in [1.54, 1.807) is 42.5 Å². The van der Waals surface area contributed by atoms with E-state index in [1.165, 1.54) is 7.11 Å². The molecule has 0 aliphatic carbocycles. The number of nitrogens with two attached hydrogens (primary N) is 1. The van der Waals surface area contributed by atoms with Gasteiger partial charge in [-0.25, -0.2) is 4.79 Å². The number of anilines is 3. The van der Waals surface area contributed by atoms with Crippen LogP contribution in [0.4, 0.5) is 21.9 Å². The van der Waals surface area contributed by atoms with Crippen LogP contribution in [0.5, 0.6) is 5.75 Å². The molecule has 0 radical (unpaired) electrons. The molecule has 0 atom stereocenters. The number of benzene rings is 2. The number of ether oxygens (including phenoxy) is 1. The molecule has 0 saturated carbocycles. The fraction of sp³-hybridized carbons (Fsp3) is 0.0667. The van der Waals surface area contributed by atoms with Crippen LogP contribution in [-0.2, 0) is 0 Å². The summed E-state index contributed by atoms with van der Waals surface area (Å²) in [6.45, 7) is 0. The van der Waals surface area contributed by atoms with Crippen molar-refractivity contribution in [3.05, 3.63) is 48.0 Å². The molecule has 2 rings (SSSR count). The zero-order valence-corrected chi connectivity index (χ0v) is 11.4. The van der Waals surface area contributed by atoms with Crippen LogP contribution in [0.1, 0.15) is 5.56 Å². The summed E-state index contributed by atoms with van der Waals surface area (Å²) in [6, 6.07) is 13.1. The van der Waals surface area contributed by atoms with E-state index in [4.69, 9.17) is 15.7 Å². The molecule has 2 amide bonds. The average molecular weight is 282 g/mol. The number of carbonyl (C=O) groups excluding carboxylic acids is 1. The molecule has 21 heavy (non-hydrogen) atoms. The molecule has 0 heterocycles. The summed E-state index contributed by atoms with van der Waals surface area (Å²) >= 11 is 0. The second kappa shape index (κ2) is 6.30. The first kappa shape index (κ1) is 14.2. The van der Waals surface area contributed by atoms with Crippen molar-refractivity contribution in [2.75, 3.05) is 23.5 Å². The molecule has 0 aromatic heterocycles. The monoisotopic (exact) mass is 282 g/mol. The Hall–Kier alpha value is -3.20. The lowest BCUT2D eigenvalue weighted by molar-refractivity contribution is 0.262. The average Bonchev–Trinajstić information content (AvgIpc) is 2.48. The van der Waals surface area contributed by atoms with E-state index in [0.717, 1.165) is 0 Å². The molecule has 0 fully saturated rings. The summed E-state index contributed by atoms with van der Waals surface area (Å²) in [5.74, 6) is 0.513. The van der Waals surface area contributed by atoms with Gasteiger partial charge in [-0.05, 0) is 42.5 Å². The Morgan fingerprint density at radius 1 is 1.19 bits per heavy atom. The smallest absolute Gasteiger partial charge is 0.323 e. The second-order valence-electron chi connectivity index (χ2n) is 4.23. The number of nitrogens with zero attached hydrogens (tertiary/aromatic N) is 1. The lowest BCUT2D eigenvalue weighted by atomic mass is 10.2. The molecule has 0 aliphatic heterocycles. The van der Waals surface area contributed by atoms with E-state index in [-0.39, 0.29) is 0 Å². The number of urea groups is 1. The van der Waals surface area contributed by atoms with Gasteiger partial charge in [0, 0.05) is 11.4 Å². The quantitative estimate of drug-likeness (QED) is 0.753. The van der Waals surface area contributed by atoms with Gasteiger partial charge < -0.3 is 21.1 Å². The SMILES string of the molecule is COc1ccc(N)cc1NC(=O)Nc1ccc(C#N)cc1. The molecule has 0 bridgehead atoms. The van der Waals surface area contributed by atoms with Crippen molar-refractivity contribution in [2.24, 2.45) is 0 Å². The molecule has 2 aromatic carbocycles. The van der Waals surface area contributed by atoms with Crippen LogP contribution >= 0.6 is 0 Å². The normalized spacial score (nSPS) is 9.52. The molecule has 0 saturated heterocycles. The van der Waals surface area contributed by atoms with Crippen molar-refractivity contribution in [3.8, 4) is 11.8 Å². The maximum Gasteiger partial charge on any atom is 0.323 e. The minimum absolute atomic E-state index is 0.427. The van der Waals surface area contributed by atoms with Crippen molar-refractivity contribution >= 4 is 23.1 Å². The minimum atomic E-state index is -0.427. The number of nitriles is 1. The summed E-state index contributed by atoms with van der Waals surface area (Å²) in [4.78, 5) is 11.9. The molecule has 6 heteroatoms. The number of nitrogen functional groups attached to an aromatic ring is 1. The highest BCUT2D eigenvalue weighted by molar-refractivity contribution is 6.01. The van der Waals surface area contributed by atoms with Crippen LogP contribution in [-0.4, -0.2) is 13.1 Å². The van der Waals surface area contributed by atoms with Gasteiger partial charge >= 0.3 is 6.03 Å². The largest absolute Gasteiger partial charge is 0.495 e. The van der Waals surface area contributed by atoms with Gasteiger partial charge in [-0.3, -0.25) is 0 Å².